The average Bonchev–Trinajstić information content (AvgIpc) is 2.32. The first kappa shape index (κ1) is 16.0. The highest BCUT2D eigenvalue weighted by Crippen LogP contribution is 2.22. The van der Waals surface area contributed by atoms with Gasteiger partial charge in [-0.15, -0.1) is 0 Å². The van der Waals surface area contributed by atoms with Crippen molar-refractivity contribution in [1.29, 1.82) is 0 Å². The van der Waals surface area contributed by atoms with Crippen molar-refractivity contribution in [2.45, 2.75) is 26.4 Å². The maximum absolute atomic E-state index is 11.9. The highest BCUT2D eigenvalue weighted by Gasteiger charge is 2.18. The third-order valence-electron chi connectivity index (χ3n) is 2.22. The van der Waals surface area contributed by atoms with E-state index >= 15 is 0 Å². The molecule has 0 aliphatic carbocycles. The van der Waals surface area contributed by atoms with Crippen LogP contribution in [0.3, 0.4) is 0 Å². The monoisotopic (exact) mass is 348 g/mol. The zero-order valence-electron chi connectivity index (χ0n) is 10.6. The molecule has 0 saturated carbocycles. The van der Waals surface area contributed by atoms with Gasteiger partial charge in [-0.2, -0.15) is 0 Å². The van der Waals surface area contributed by atoms with Gasteiger partial charge < -0.3 is 9.47 Å². The summed E-state index contributed by atoms with van der Waals surface area (Å²) in [5, 5.41) is 0.302. The number of benzene rings is 1. The van der Waals surface area contributed by atoms with Crippen molar-refractivity contribution in [1.82, 2.24) is 0 Å². The molecule has 0 spiro atoms. The van der Waals surface area contributed by atoms with E-state index < -0.39 is 18.0 Å². The first-order valence-corrected chi connectivity index (χ1v) is 6.92. The number of ether oxygens (including phenoxy) is 2. The summed E-state index contributed by atoms with van der Waals surface area (Å²) in [4.78, 5) is 23.1. The molecule has 0 aliphatic rings. The molecule has 0 saturated heterocycles. The van der Waals surface area contributed by atoms with E-state index in [1.54, 1.807) is 32.0 Å². The topological polar surface area (TPSA) is 52.6 Å². The van der Waals surface area contributed by atoms with Crippen LogP contribution in [0.4, 0.5) is 0 Å². The van der Waals surface area contributed by atoms with E-state index in [-0.39, 0.29) is 12.0 Å². The van der Waals surface area contributed by atoms with Gasteiger partial charge in [0, 0.05) is 4.47 Å². The lowest BCUT2D eigenvalue weighted by Gasteiger charge is -2.13. The van der Waals surface area contributed by atoms with Crippen molar-refractivity contribution in [2.24, 2.45) is 0 Å². The minimum absolute atomic E-state index is 0.0190. The molecule has 1 atom stereocenters. The summed E-state index contributed by atoms with van der Waals surface area (Å²) in [6, 6.07) is 4.89. The highest BCUT2D eigenvalue weighted by atomic mass is 79.9. The fraction of sp³-hybridized carbons (Fsp3) is 0.385. The zero-order valence-corrected chi connectivity index (χ0v) is 13.0. The van der Waals surface area contributed by atoms with E-state index in [1.165, 1.54) is 0 Å². The van der Waals surface area contributed by atoms with Gasteiger partial charge in [0.25, 0.3) is 0 Å². The third-order valence-corrected chi connectivity index (χ3v) is 3.04. The molecule has 0 fully saturated rings. The molecule has 0 aromatic heterocycles. The van der Waals surface area contributed by atoms with E-state index in [0.29, 0.717) is 11.6 Å². The van der Waals surface area contributed by atoms with Crippen LogP contribution in [0, 0.1) is 0 Å². The van der Waals surface area contributed by atoms with Crippen LogP contribution < -0.4 is 0 Å². The second-order valence-corrected chi connectivity index (χ2v) is 5.17. The Balaban J connectivity index is 2.64. The molecule has 19 heavy (non-hydrogen) atoms. The van der Waals surface area contributed by atoms with Crippen molar-refractivity contribution < 1.29 is 19.1 Å². The van der Waals surface area contributed by atoms with Crippen molar-refractivity contribution in [2.75, 3.05) is 6.61 Å². The normalized spacial score (nSPS) is 11.8. The molecule has 0 N–H and O–H groups in total. The largest absolute Gasteiger partial charge is 0.466 e. The Bertz CT molecular complexity index is 476. The lowest BCUT2D eigenvalue weighted by Crippen LogP contribution is -2.20. The van der Waals surface area contributed by atoms with Crippen LogP contribution in [-0.4, -0.2) is 24.6 Å². The Morgan fingerprint density at radius 3 is 2.74 bits per heavy atom. The molecule has 0 radical (unpaired) electrons. The molecule has 0 heterocycles. The lowest BCUT2D eigenvalue weighted by molar-refractivity contribution is -0.145. The van der Waals surface area contributed by atoms with E-state index in [9.17, 15) is 9.59 Å². The first-order valence-electron chi connectivity index (χ1n) is 5.75. The van der Waals surface area contributed by atoms with Gasteiger partial charge >= 0.3 is 11.9 Å². The van der Waals surface area contributed by atoms with Crippen molar-refractivity contribution in [3.63, 3.8) is 0 Å². The summed E-state index contributed by atoms with van der Waals surface area (Å²) >= 11 is 9.17. The van der Waals surface area contributed by atoms with Crippen LogP contribution in [0.5, 0.6) is 0 Å². The third kappa shape index (κ3) is 5.20. The fourth-order valence-corrected chi connectivity index (χ4v) is 1.95. The number of carbonyl (C=O) groups is 2. The van der Waals surface area contributed by atoms with Gasteiger partial charge in [0.2, 0.25) is 0 Å². The standard InChI is InChI=1S/C13H14BrClO4/c1-3-18-12(16)6-8(2)19-13(17)10-7-9(14)4-5-11(10)15/h4-5,7-8H,3,6H2,1-2H3/t8-/m0/s1. The summed E-state index contributed by atoms with van der Waals surface area (Å²) in [7, 11) is 0. The van der Waals surface area contributed by atoms with Gasteiger partial charge in [-0.1, -0.05) is 27.5 Å². The number of hydrogen-bond donors (Lipinski definition) is 0. The van der Waals surface area contributed by atoms with Gasteiger partial charge in [-0.25, -0.2) is 4.79 Å². The molecule has 0 amide bonds. The van der Waals surface area contributed by atoms with E-state index in [1.807, 2.05) is 0 Å². The molecule has 6 heteroatoms. The second-order valence-electron chi connectivity index (χ2n) is 3.85. The molecular weight excluding hydrogens is 335 g/mol. The molecule has 1 aromatic rings. The summed E-state index contributed by atoms with van der Waals surface area (Å²) in [6.07, 6.45) is -0.549. The maximum atomic E-state index is 11.9. The maximum Gasteiger partial charge on any atom is 0.339 e. The minimum atomic E-state index is -0.568. The van der Waals surface area contributed by atoms with Gasteiger partial charge in [0.1, 0.15) is 6.10 Å². The lowest BCUT2D eigenvalue weighted by atomic mass is 10.2. The van der Waals surface area contributed by atoms with Crippen LogP contribution in [0.1, 0.15) is 30.6 Å². The number of halogens is 2. The highest BCUT2D eigenvalue weighted by molar-refractivity contribution is 9.10. The van der Waals surface area contributed by atoms with Crippen molar-refractivity contribution in [3.05, 3.63) is 33.3 Å². The van der Waals surface area contributed by atoms with E-state index in [4.69, 9.17) is 21.1 Å². The van der Waals surface area contributed by atoms with Crippen molar-refractivity contribution in [3.8, 4) is 0 Å². The Morgan fingerprint density at radius 2 is 2.11 bits per heavy atom. The molecule has 104 valence electrons. The van der Waals surface area contributed by atoms with E-state index in [0.717, 1.165) is 4.47 Å². The second kappa shape index (κ2) is 7.50. The summed E-state index contributed by atoms with van der Waals surface area (Å²) in [5.41, 5.74) is 0.256. The SMILES string of the molecule is CCOC(=O)C[C@H](C)OC(=O)c1cc(Br)ccc1Cl. The van der Waals surface area contributed by atoms with Crippen LogP contribution >= 0.6 is 27.5 Å². The number of esters is 2. The molecule has 0 unspecified atom stereocenters. The van der Waals surface area contributed by atoms with Crippen LogP contribution in [0.15, 0.2) is 22.7 Å². The number of rotatable bonds is 5. The summed E-state index contributed by atoms with van der Waals surface area (Å²) in [5.74, 6) is -0.966. The molecule has 4 nitrogen and oxygen atoms in total. The Kier molecular flexibility index (Phi) is 6.31. The van der Waals surface area contributed by atoms with Crippen LogP contribution in [0.25, 0.3) is 0 Å². The Labute approximate surface area is 125 Å². The Morgan fingerprint density at radius 1 is 1.42 bits per heavy atom. The zero-order chi connectivity index (χ0) is 14.4. The predicted molar refractivity (Wildman–Crippen MR) is 75.3 cm³/mol. The Hall–Kier alpha value is -1.07. The number of hydrogen-bond acceptors (Lipinski definition) is 4. The van der Waals surface area contributed by atoms with Gasteiger partial charge in [0.15, 0.2) is 0 Å². The van der Waals surface area contributed by atoms with E-state index in [2.05, 4.69) is 15.9 Å². The average molecular weight is 350 g/mol. The first-order chi connectivity index (χ1) is 8.93. The molecule has 1 rings (SSSR count). The molecule has 1 aromatic carbocycles. The molecule has 0 bridgehead atoms. The van der Waals surface area contributed by atoms with Crippen molar-refractivity contribution >= 4 is 39.5 Å². The van der Waals surface area contributed by atoms with Gasteiger partial charge in [0.05, 0.1) is 23.6 Å². The van der Waals surface area contributed by atoms with Gasteiger partial charge in [-0.3, -0.25) is 4.79 Å². The van der Waals surface area contributed by atoms with Crippen LogP contribution in [-0.2, 0) is 14.3 Å². The fourth-order valence-electron chi connectivity index (χ4n) is 1.40. The van der Waals surface area contributed by atoms with Gasteiger partial charge in [-0.05, 0) is 32.0 Å². The smallest absolute Gasteiger partial charge is 0.339 e. The number of carbonyl (C=O) groups excluding carboxylic acids is 2. The molecular formula is C13H14BrClO4. The van der Waals surface area contributed by atoms with Crippen LogP contribution in [0.2, 0.25) is 5.02 Å². The summed E-state index contributed by atoms with van der Waals surface area (Å²) in [6.45, 7) is 3.65. The minimum Gasteiger partial charge on any atom is -0.466 e. The quantitative estimate of drug-likeness (QED) is 0.762. The molecule has 0 aliphatic heterocycles. The predicted octanol–water partition coefficient (Wildman–Crippen LogP) is 3.60. The summed E-state index contributed by atoms with van der Waals surface area (Å²) < 4.78 is 10.6.